The van der Waals surface area contributed by atoms with Crippen molar-refractivity contribution in [1.82, 2.24) is 0 Å². The first-order chi connectivity index (χ1) is 9.74. The van der Waals surface area contributed by atoms with Crippen LogP contribution in [0.1, 0.15) is 29.8 Å². The summed E-state index contributed by atoms with van der Waals surface area (Å²) in [6, 6.07) is 18.8. The van der Waals surface area contributed by atoms with Crippen molar-refractivity contribution < 1.29 is 14.6 Å². The van der Waals surface area contributed by atoms with E-state index in [0.717, 1.165) is 0 Å². The Kier molecular flexibility index (Phi) is 10.7. The maximum Gasteiger partial charge on any atom is 0.340 e. The van der Waals surface area contributed by atoms with E-state index >= 15 is 0 Å². The van der Waals surface area contributed by atoms with Crippen LogP contribution in [0, 0.1) is 6.92 Å². The summed E-state index contributed by atoms with van der Waals surface area (Å²) in [7, 11) is 0. The van der Waals surface area contributed by atoms with Crippen LogP contribution in [-0.4, -0.2) is 17.9 Å². The van der Waals surface area contributed by atoms with Crippen molar-refractivity contribution >= 4 is 5.97 Å². The molecule has 0 bridgehead atoms. The van der Waals surface area contributed by atoms with Crippen LogP contribution in [-0.2, 0) is 4.74 Å². The van der Waals surface area contributed by atoms with E-state index in [2.05, 4.69) is 23.8 Å². The maximum atomic E-state index is 10.9. The summed E-state index contributed by atoms with van der Waals surface area (Å²) >= 11 is 0. The van der Waals surface area contributed by atoms with Crippen LogP contribution < -0.4 is 0 Å². The highest BCUT2D eigenvalue weighted by Gasteiger charge is 2.02. The fourth-order valence-corrected chi connectivity index (χ4v) is 1.25. The van der Waals surface area contributed by atoms with Gasteiger partial charge in [-0.25, -0.2) is 4.79 Å². The molecule has 0 spiro atoms. The number of aliphatic hydroxyl groups excluding tert-OH is 1. The van der Waals surface area contributed by atoms with E-state index in [4.69, 9.17) is 5.11 Å². The minimum Gasteiger partial charge on any atom is -0.435 e. The average molecular weight is 274 g/mol. The van der Waals surface area contributed by atoms with Gasteiger partial charge in [0.05, 0.1) is 5.56 Å². The third kappa shape index (κ3) is 8.06. The second-order valence-corrected chi connectivity index (χ2v) is 3.58. The Balaban J connectivity index is 0.000000345. The normalized spacial score (nSPS) is 8.40. The van der Waals surface area contributed by atoms with Gasteiger partial charge in [-0.1, -0.05) is 67.9 Å². The number of benzene rings is 2. The number of ether oxygens (including phenoxy) is 1. The van der Waals surface area contributed by atoms with Gasteiger partial charge < -0.3 is 9.84 Å². The van der Waals surface area contributed by atoms with Gasteiger partial charge in [0.1, 0.15) is 0 Å². The summed E-state index contributed by atoms with van der Waals surface area (Å²) < 4.78 is 4.34. The van der Waals surface area contributed by atoms with Gasteiger partial charge in [0.25, 0.3) is 0 Å². The first-order valence-electron chi connectivity index (χ1n) is 6.58. The molecular formula is C17H22O3. The molecule has 0 aromatic heterocycles. The van der Waals surface area contributed by atoms with E-state index in [1.807, 2.05) is 32.0 Å². The van der Waals surface area contributed by atoms with Crippen LogP contribution in [0.2, 0.25) is 0 Å². The van der Waals surface area contributed by atoms with Crippen molar-refractivity contribution in [2.45, 2.75) is 20.8 Å². The van der Waals surface area contributed by atoms with E-state index in [1.165, 1.54) is 5.56 Å². The Labute approximate surface area is 120 Å². The molecule has 0 aliphatic carbocycles. The number of aliphatic hydroxyl groups is 1. The van der Waals surface area contributed by atoms with Crippen LogP contribution in [0.4, 0.5) is 0 Å². The Morgan fingerprint density at radius 2 is 1.40 bits per heavy atom. The topological polar surface area (TPSA) is 46.5 Å². The highest BCUT2D eigenvalue weighted by atomic mass is 16.6. The molecule has 2 aromatic rings. The fourth-order valence-electron chi connectivity index (χ4n) is 1.25. The molecule has 0 radical (unpaired) electrons. The largest absolute Gasteiger partial charge is 0.435 e. The third-order valence-corrected chi connectivity index (χ3v) is 2.15. The second kappa shape index (κ2) is 11.9. The van der Waals surface area contributed by atoms with Crippen molar-refractivity contribution in [1.29, 1.82) is 0 Å². The summed E-state index contributed by atoms with van der Waals surface area (Å²) in [5, 5.41) is 8.25. The number of aryl methyl sites for hydroxylation is 1. The van der Waals surface area contributed by atoms with Gasteiger partial charge in [0.2, 0.25) is 0 Å². The number of carbonyl (C=O) groups is 1. The van der Waals surface area contributed by atoms with Crippen molar-refractivity contribution in [3.05, 3.63) is 71.8 Å². The molecule has 0 unspecified atom stereocenters. The van der Waals surface area contributed by atoms with Crippen LogP contribution in [0.25, 0.3) is 0 Å². The van der Waals surface area contributed by atoms with Gasteiger partial charge in [0, 0.05) is 0 Å². The van der Waals surface area contributed by atoms with E-state index < -0.39 is 12.8 Å². The summed E-state index contributed by atoms with van der Waals surface area (Å²) in [4.78, 5) is 10.9. The highest BCUT2D eigenvalue weighted by Crippen LogP contribution is 1.99. The van der Waals surface area contributed by atoms with E-state index in [-0.39, 0.29) is 0 Å². The average Bonchev–Trinajstić information content (AvgIpc) is 2.52. The van der Waals surface area contributed by atoms with Crippen LogP contribution >= 0.6 is 0 Å². The van der Waals surface area contributed by atoms with Crippen molar-refractivity contribution in [2.75, 3.05) is 6.79 Å². The SMILES string of the molecule is CC.Cc1ccccc1.O=C(OCO)c1ccccc1. The lowest BCUT2D eigenvalue weighted by Crippen LogP contribution is -2.04. The van der Waals surface area contributed by atoms with E-state index in [1.54, 1.807) is 30.3 Å². The lowest BCUT2D eigenvalue weighted by atomic mass is 10.2. The molecule has 2 rings (SSSR count). The molecule has 0 saturated carbocycles. The molecule has 2 aromatic carbocycles. The first-order valence-corrected chi connectivity index (χ1v) is 6.58. The predicted molar refractivity (Wildman–Crippen MR) is 81.5 cm³/mol. The minimum absolute atomic E-state index is 0.446. The minimum atomic E-state index is -0.576. The zero-order chi connectivity index (χ0) is 15.2. The van der Waals surface area contributed by atoms with E-state index in [0.29, 0.717) is 5.56 Å². The molecule has 0 aliphatic heterocycles. The Bertz CT molecular complexity index is 452. The molecular weight excluding hydrogens is 252 g/mol. The van der Waals surface area contributed by atoms with Crippen molar-refractivity contribution in [3.8, 4) is 0 Å². The monoisotopic (exact) mass is 274 g/mol. The Morgan fingerprint density at radius 3 is 1.75 bits per heavy atom. The predicted octanol–water partition coefficient (Wildman–Crippen LogP) is 3.81. The summed E-state index contributed by atoms with van der Waals surface area (Å²) in [5.74, 6) is -0.506. The summed E-state index contributed by atoms with van der Waals surface area (Å²) in [6.45, 7) is 5.51. The molecule has 0 atom stereocenters. The fraction of sp³-hybridized carbons (Fsp3) is 0.235. The Hall–Kier alpha value is -2.13. The zero-order valence-electron chi connectivity index (χ0n) is 12.2. The standard InChI is InChI=1S/C8H8O3.C7H8.C2H6/c9-6-11-8(10)7-4-2-1-3-5-7;1-7-5-3-2-4-6-7;1-2/h1-5,9H,6H2;2-6H,1H3;1-2H3. The zero-order valence-corrected chi connectivity index (χ0v) is 12.2. The molecule has 0 amide bonds. The lowest BCUT2D eigenvalue weighted by molar-refractivity contribution is 0.00684. The number of carbonyl (C=O) groups excluding carboxylic acids is 1. The quantitative estimate of drug-likeness (QED) is 0.669. The molecule has 0 fully saturated rings. The molecule has 0 saturated heterocycles. The van der Waals surface area contributed by atoms with Gasteiger partial charge in [0.15, 0.2) is 6.79 Å². The molecule has 3 nitrogen and oxygen atoms in total. The van der Waals surface area contributed by atoms with Gasteiger partial charge in [-0.2, -0.15) is 0 Å². The molecule has 0 heterocycles. The molecule has 108 valence electrons. The summed E-state index contributed by atoms with van der Waals surface area (Å²) in [5.41, 5.74) is 1.77. The van der Waals surface area contributed by atoms with Crippen molar-refractivity contribution in [3.63, 3.8) is 0 Å². The lowest BCUT2D eigenvalue weighted by Gasteiger charge is -1.98. The molecule has 0 aliphatic rings. The van der Waals surface area contributed by atoms with Gasteiger partial charge in [-0.3, -0.25) is 0 Å². The number of rotatable bonds is 2. The molecule has 1 N–H and O–H groups in total. The number of esters is 1. The highest BCUT2D eigenvalue weighted by molar-refractivity contribution is 5.89. The van der Waals surface area contributed by atoms with Gasteiger partial charge >= 0.3 is 5.97 Å². The Morgan fingerprint density at radius 1 is 0.950 bits per heavy atom. The van der Waals surface area contributed by atoms with Crippen LogP contribution in [0.15, 0.2) is 60.7 Å². The smallest absolute Gasteiger partial charge is 0.340 e. The van der Waals surface area contributed by atoms with Crippen LogP contribution in [0.3, 0.4) is 0 Å². The first kappa shape index (κ1) is 17.9. The van der Waals surface area contributed by atoms with Gasteiger partial charge in [-0.05, 0) is 19.1 Å². The maximum absolute atomic E-state index is 10.9. The molecule has 3 heteroatoms. The number of hydrogen-bond acceptors (Lipinski definition) is 3. The number of hydrogen-bond donors (Lipinski definition) is 1. The second-order valence-electron chi connectivity index (χ2n) is 3.58. The third-order valence-electron chi connectivity index (χ3n) is 2.15. The van der Waals surface area contributed by atoms with Gasteiger partial charge in [-0.15, -0.1) is 0 Å². The summed E-state index contributed by atoms with van der Waals surface area (Å²) in [6.07, 6.45) is 0. The van der Waals surface area contributed by atoms with Crippen LogP contribution in [0.5, 0.6) is 0 Å². The molecule has 20 heavy (non-hydrogen) atoms. The van der Waals surface area contributed by atoms with Crippen molar-refractivity contribution in [2.24, 2.45) is 0 Å². The van der Waals surface area contributed by atoms with E-state index in [9.17, 15) is 4.79 Å².